The van der Waals surface area contributed by atoms with Crippen LogP contribution in [0.1, 0.15) is 56.1 Å². The minimum absolute atomic E-state index is 0.0978. The fourth-order valence-corrected chi connectivity index (χ4v) is 4.40. The molecule has 0 amide bonds. The van der Waals surface area contributed by atoms with Gasteiger partial charge in [-0.05, 0) is 79.5 Å². The van der Waals surface area contributed by atoms with Gasteiger partial charge >= 0.3 is 0 Å². The highest BCUT2D eigenvalue weighted by atomic mass is 16.3. The minimum Gasteiger partial charge on any atom is -0.508 e. The smallest absolute Gasteiger partial charge is 0.115 e. The number of benzene rings is 1. The maximum absolute atomic E-state index is 10.2. The van der Waals surface area contributed by atoms with Gasteiger partial charge in [0, 0.05) is 0 Å². The van der Waals surface area contributed by atoms with Gasteiger partial charge in [-0.15, -0.1) is 0 Å². The van der Waals surface area contributed by atoms with Crippen LogP contribution in [0.4, 0.5) is 0 Å². The number of phenols is 1. The summed E-state index contributed by atoms with van der Waals surface area (Å²) in [6, 6.07) is 5.76. The number of aromatic hydroxyl groups is 1. The summed E-state index contributed by atoms with van der Waals surface area (Å²) in [6.45, 7) is 4.36. The normalized spacial score (nSPS) is 38.2. The Balaban J connectivity index is 1.82. The van der Waals surface area contributed by atoms with Crippen LogP contribution in [0.3, 0.4) is 0 Å². The van der Waals surface area contributed by atoms with Gasteiger partial charge in [0.1, 0.15) is 5.75 Å². The van der Waals surface area contributed by atoms with Crippen LogP contribution < -0.4 is 0 Å². The second-order valence-electron chi connectivity index (χ2n) is 6.81. The van der Waals surface area contributed by atoms with Crippen molar-refractivity contribution in [2.45, 2.75) is 58.0 Å². The highest BCUT2D eigenvalue weighted by molar-refractivity contribution is 5.36. The molecule has 1 aromatic rings. The fraction of sp³-hybridized carbons (Fsp3) is 0.647. The van der Waals surface area contributed by atoms with E-state index in [9.17, 15) is 10.2 Å². The third kappa shape index (κ3) is 2.06. The molecule has 0 heterocycles. The topological polar surface area (TPSA) is 40.5 Å². The van der Waals surface area contributed by atoms with Gasteiger partial charge in [0.05, 0.1) is 6.10 Å². The molecule has 104 valence electrons. The molecule has 3 rings (SSSR count). The fourth-order valence-electron chi connectivity index (χ4n) is 4.40. The van der Waals surface area contributed by atoms with Crippen molar-refractivity contribution < 1.29 is 10.2 Å². The average Bonchev–Trinajstić information content (AvgIpc) is 2.66. The molecule has 19 heavy (non-hydrogen) atoms. The first-order valence-corrected chi connectivity index (χ1v) is 7.48. The summed E-state index contributed by atoms with van der Waals surface area (Å²) in [5.74, 6) is 1.62. The van der Waals surface area contributed by atoms with Gasteiger partial charge in [0.2, 0.25) is 0 Å². The zero-order chi connectivity index (χ0) is 13.6. The zero-order valence-electron chi connectivity index (χ0n) is 11.9. The quantitative estimate of drug-likeness (QED) is 0.807. The van der Waals surface area contributed by atoms with Gasteiger partial charge in [0.15, 0.2) is 0 Å². The van der Waals surface area contributed by atoms with Crippen LogP contribution >= 0.6 is 0 Å². The van der Waals surface area contributed by atoms with Crippen LogP contribution in [0.2, 0.25) is 0 Å². The molecule has 2 fully saturated rings. The van der Waals surface area contributed by atoms with E-state index in [0.717, 1.165) is 19.3 Å². The van der Waals surface area contributed by atoms with E-state index in [1.165, 1.54) is 24.0 Å². The molecule has 0 saturated heterocycles. The van der Waals surface area contributed by atoms with Crippen molar-refractivity contribution in [3.8, 4) is 5.75 Å². The molecule has 1 unspecified atom stereocenters. The van der Waals surface area contributed by atoms with Crippen molar-refractivity contribution in [3.63, 3.8) is 0 Å². The lowest BCUT2D eigenvalue weighted by molar-refractivity contribution is 0.00867. The predicted octanol–water partition coefficient (Wildman–Crippen LogP) is 3.75. The number of hydrogen-bond donors (Lipinski definition) is 2. The highest BCUT2D eigenvalue weighted by Gasteiger charge is 2.48. The van der Waals surface area contributed by atoms with E-state index >= 15 is 0 Å². The molecule has 2 saturated carbocycles. The molecule has 2 aliphatic carbocycles. The van der Waals surface area contributed by atoms with E-state index in [-0.39, 0.29) is 11.5 Å². The first-order valence-electron chi connectivity index (χ1n) is 7.48. The first-order chi connectivity index (χ1) is 9.00. The molecular weight excluding hydrogens is 236 g/mol. The Hall–Kier alpha value is -1.02. The van der Waals surface area contributed by atoms with Crippen LogP contribution in [-0.2, 0) is 0 Å². The van der Waals surface area contributed by atoms with Crippen LogP contribution in [-0.4, -0.2) is 16.3 Å². The Kier molecular flexibility index (Phi) is 3.09. The largest absolute Gasteiger partial charge is 0.508 e. The summed E-state index contributed by atoms with van der Waals surface area (Å²) in [6.07, 6.45) is 5.53. The summed E-state index contributed by atoms with van der Waals surface area (Å²) in [5, 5.41) is 19.7. The lowest BCUT2D eigenvalue weighted by Crippen LogP contribution is -2.37. The third-order valence-corrected chi connectivity index (χ3v) is 5.78. The lowest BCUT2D eigenvalue weighted by Gasteiger charge is -2.42. The summed E-state index contributed by atoms with van der Waals surface area (Å²) in [7, 11) is 0. The molecule has 0 bridgehead atoms. The molecule has 2 aliphatic rings. The van der Waals surface area contributed by atoms with Crippen molar-refractivity contribution in [2.75, 3.05) is 0 Å². The molecule has 2 heteroatoms. The van der Waals surface area contributed by atoms with Crippen molar-refractivity contribution in [3.05, 3.63) is 29.3 Å². The SMILES string of the molecule is Cc1cc(O)ccc1C1CC[C@@]2(C)[C@H](CC[C@@H]2O)C1. The molecule has 2 nitrogen and oxygen atoms in total. The zero-order valence-corrected chi connectivity index (χ0v) is 11.9. The van der Waals surface area contributed by atoms with Gasteiger partial charge in [-0.3, -0.25) is 0 Å². The number of aliphatic hydroxyl groups is 1. The number of aliphatic hydroxyl groups excluding tert-OH is 1. The molecule has 0 aliphatic heterocycles. The number of fused-ring (bicyclic) bond motifs is 1. The summed E-state index contributed by atoms with van der Waals surface area (Å²) in [4.78, 5) is 0. The predicted molar refractivity (Wildman–Crippen MR) is 76.3 cm³/mol. The summed E-state index contributed by atoms with van der Waals surface area (Å²) in [5.41, 5.74) is 2.75. The Bertz CT molecular complexity index is 482. The Morgan fingerprint density at radius 1 is 1.21 bits per heavy atom. The van der Waals surface area contributed by atoms with Gasteiger partial charge in [0.25, 0.3) is 0 Å². The van der Waals surface area contributed by atoms with E-state index < -0.39 is 0 Å². The van der Waals surface area contributed by atoms with Crippen molar-refractivity contribution >= 4 is 0 Å². The van der Waals surface area contributed by atoms with Gasteiger partial charge in [-0.25, -0.2) is 0 Å². The monoisotopic (exact) mass is 260 g/mol. The van der Waals surface area contributed by atoms with Crippen LogP contribution in [0.5, 0.6) is 5.75 Å². The van der Waals surface area contributed by atoms with E-state index in [4.69, 9.17) is 0 Å². The Labute approximate surface area is 115 Å². The van der Waals surface area contributed by atoms with Crippen molar-refractivity contribution in [1.82, 2.24) is 0 Å². The minimum atomic E-state index is -0.0978. The maximum atomic E-state index is 10.2. The molecule has 0 aromatic heterocycles. The molecule has 2 N–H and O–H groups in total. The van der Waals surface area contributed by atoms with Crippen LogP contribution in [0.15, 0.2) is 18.2 Å². The number of rotatable bonds is 1. The molecule has 1 aromatic carbocycles. The standard InChI is InChI=1S/C17H24O2/c1-11-9-14(18)4-5-15(11)12-7-8-17(2)13(10-12)3-6-16(17)19/h4-5,9,12-13,16,18-19H,3,6-8,10H2,1-2H3/t12?,13-,16+,17+/m1/s1. The molecule has 0 spiro atoms. The van der Waals surface area contributed by atoms with Gasteiger partial charge in [-0.1, -0.05) is 13.0 Å². The van der Waals surface area contributed by atoms with Gasteiger partial charge < -0.3 is 10.2 Å². The van der Waals surface area contributed by atoms with Crippen molar-refractivity contribution in [1.29, 1.82) is 0 Å². The van der Waals surface area contributed by atoms with Crippen LogP contribution in [0.25, 0.3) is 0 Å². The van der Waals surface area contributed by atoms with E-state index in [1.807, 2.05) is 6.07 Å². The summed E-state index contributed by atoms with van der Waals surface area (Å²) < 4.78 is 0. The van der Waals surface area contributed by atoms with Gasteiger partial charge in [-0.2, -0.15) is 0 Å². The second kappa shape index (κ2) is 4.52. The van der Waals surface area contributed by atoms with E-state index in [0.29, 0.717) is 17.6 Å². The Morgan fingerprint density at radius 2 is 2.00 bits per heavy atom. The average molecular weight is 260 g/mol. The highest BCUT2D eigenvalue weighted by Crippen LogP contribution is 2.55. The van der Waals surface area contributed by atoms with Crippen LogP contribution in [0, 0.1) is 18.3 Å². The lowest BCUT2D eigenvalue weighted by atomic mass is 9.64. The second-order valence-corrected chi connectivity index (χ2v) is 6.81. The third-order valence-electron chi connectivity index (χ3n) is 5.78. The number of phenolic OH excluding ortho intramolecular Hbond substituents is 1. The van der Waals surface area contributed by atoms with E-state index in [1.54, 1.807) is 6.07 Å². The first kappa shape index (κ1) is 13.0. The Morgan fingerprint density at radius 3 is 2.74 bits per heavy atom. The van der Waals surface area contributed by atoms with Crippen molar-refractivity contribution in [2.24, 2.45) is 11.3 Å². The molecule has 0 radical (unpaired) electrons. The summed E-state index contributed by atoms with van der Waals surface area (Å²) >= 11 is 0. The van der Waals surface area contributed by atoms with E-state index in [2.05, 4.69) is 19.9 Å². The number of aryl methyl sites for hydroxylation is 1. The molecule has 4 atom stereocenters. The maximum Gasteiger partial charge on any atom is 0.115 e. The number of hydrogen-bond acceptors (Lipinski definition) is 2. The molecular formula is C17H24O2.